The molecule has 0 radical (unpaired) electrons. The van der Waals surface area contributed by atoms with E-state index in [-0.39, 0.29) is 0 Å². The van der Waals surface area contributed by atoms with Crippen molar-refractivity contribution in [2.45, 2.75) is 55.0 Å². The molecule has 0 aromatic rings. The first-order valence-corrected chi connectivity index (χ1v) is 6.58. The van der Waals surface area contributed by atoms with Crippen molar-refractivity contribution in [3.05, 3.63) is 0 Å². The van der Waals surface area contributed by atoms with Gasteiger partial charge in [-0.3, -0.25) is 0 Å². The normalized spacial score (nSPS) is 52.9. The second-order valence-electron chi connectivity index (χ2n) is 5.23. The van der Waals surface area contributed by atoms with Gasteiger partial charge in [-0.15, -0.1) is 0 Å². The number of rotatable bonds is 4. The van der Waals surface area contributed by atoms with Gasteiger partial charge in [0.1, 0.15) is 43.2 Å². The predicted molar refractivity (Wildman–Crippen MR) is 63.8 cm³/mol. The third kappa shape index (κ3) is 2.86. The summed E-state index contributed by atoms with van der Waals surface area (Å²) in [6.45, 7) is -1.72. The average Bonchev–Trinajstić information content (AvgIpc) is 2.72. The van der Waals surface area contributed by atoms with Gasteiger partial charge in [0.2, 0.25) is 5.79 Å². The van der Waals surface area contributed by atoms with Gasteiger partial charge in [-0.2, -0.15) is 0 Å². The van der Waals surface area contributed by atoms with Crippen molar-refractivity contribution >= 4 is 0 Å². The molecule has 0 spiro atoms. The molecule has 2 fully saturated rings. The first kappa shape index (κ1) is 17.9. The van der Waals surface area contributed by atoms with Crippen LogP contribution in [0.15, 0.2) is 0 Å². The topological polar surface area (TPSA) is 190 Å². The lowest BCUT2D eigenvalue weighted by atomic mass is 9.99. The predicted octanol–water partition coefficient (Wildman–Crippen LogP) is -5.44. The van der Waals surface area contributed by atoms with E-state index in [1.54, 1.807) is 0 Å². The second kappa shape index (κ2) is 6.59. The summed E-state index contributed by atoms with van der Waals surface area (Å²) in [6.07, 6.45) is -13.6. The fourth-order valence-corrected chi connectivity index (χ4v) is 2.39. The fraction of sp³-hybridized carbons (Fsp3) is 1.00. The van der Waals surface area contributed by atoms with E-state index in [1.807, 2.05) is 0 Å². The SMILES string of the molecule is OCC1OC(OC2(CO)OC(O)C(O)C2O)C(O)C(O)C1O. The lowest BCUT2D eigenvalue weighted by molar-refractivity contribution is -0.389. The molecule has 9 unspecified atom stereocenters. The molecule has 0 saturated carbocycles. The highest BCUT2D eigenvalue weighted by Crippen LogP contribution is 2.35. The highest BCUT2D eigenvalue weighted by molar-refractivity contribution is 4.96. The molecule has 22 heavy (non-hydrogen) atoms. The summed E-state index contributed by atoms with van der Waals surface area (Å²) in [7, 11) is 0. The maximum atomic E-state index is 9.82. The van der Waals surface area contributed by atoms with E-state index in [1.165, 1.54) is 0 Å². The Labute approximate surface area is 124 Å². The molecular weight excluding hydrogens is 308 g/mol. The minimum absolute atomic E-state index is 0.703. The molecule has 2 aliphatic heterocycles. The number of hydrogen-bond acceptors (Lipinski definition) is 11. The van der Waals surface area contributed by atoms with Crippen molar-refractivity contribution < 1.29 is 55.1 Å². The van der Waals surface area contributed by atoms with Gasteiger partial charge < -0.3 is 55.1 Å². The van der Waals surface area contributed by atoms with Gasteiger partial charge in [0.15, 0.2) is 12.6 Å². The first-order chi connectivity index (χ1) is 10.3. The molecular formula is C11H20O11. The maximum absolute atomic E-state index is 9.82. The standard InChI is InChI=1S/C11H20O11/c12-1-3-4(14)5(15)6(16)10(20-3)22-11(2-13)8(18)7(17)9(19)21-11/h3-10,12-19H,1-2H2. The Kier molecular flexibility index (Phi) is 5.36. The van der Waals surface area contributed by atoms with Crippen LogP contribution in [0.5, 0.6) is 0 Å². The third-order valence-electron chi connectivity index (χ3n) is 3.77. The largest absolute Gasteiger partial charge is 0.394 e. The number of ether oxygens (including phenoxy) is 3. The zero-order chi connectivity index (χ0) is 16.7. The molecule has 0 aromatic heterocycles. The lowest BCUT2D eigenvalue weighted by Gasteiger charge is -2.43. The highest BCUT2D eigenvalue weighted by atomic mass is 16.8. The summed E-state index contributed by atoms with van der Waals surface area (Å²) < 4.78 is 14.9. The maximum Gasteiger partial charge on any atom is 0.226 e. The van der Waals surface area contributed by atoms with Crippen molar-refractivity contribution in [3.63, 3.8) is 0 Å². The molecule has 2 saturated heterocycles. The van der Waals surface area contributed by atoms with Crippen LogP contribution in [0, 0.1) is 0 Å². The fourth-order valence-electron chi connectivity index (χ4n) is 2.39. The first-order valence-electron chi connectivity index (χ1n) is 6.58. The molecule has 0 aliphatic carbocycles. The Bertz CT molecular complexity index is 379. The number of hydrogen-bond donors (Lipinski definition) is 8. The van der Waals surface area contributed by atoms with Crippen LogP contribution in [0.2, 0.25) is 0 Å². The molecule has 2 heterocycles. The Morgan fingerprint density at radius 3 is 1.95 bits per heavy atom. The molecule has 8 N–H and O–H groups in total. The quantitative estimate of drug-likeness (QED) is 0.246. The monoisotopic (exact) mass is 328 g/mol. The van der Waals surface area contributed by atoms with Crippen LogP contribution in [-0.2, 0) is 14.2 Å². The summed E-state index contributed by atoms with van der Waals surface area (Å²) in [6, 6.07) is 0. The third-order valence-corrected chi connectivity index (χ3v) is 3.77. The van der Waals surface area contributed by atoms with E-state index >= 15 is 0 Å². The smallest absolute Gasteiger partial charge is 0.226 e. The minimum atomic E-state index is -2.31. The van der Waals surface area contributed by atoms with Crippen LogP contribution in [0.4, 0.5) is 0 Å². The molecule has 0 amide bonds. The summed E-state index contributed by atoms with van der Waals surface area (Å²) >= 11 is 0. The van der Waals surface area contributed by atoms with Crippen LogP contribution in [0.3, 0.4) is 0 Å². The van der Waals surface area contributed by atoms with Gasteiger partial charge in [-0.25, -0.2) is 0 Å². The van der Waals surface area contributed by atoms with Gasteiger partial charge in [0.25, 0.3) is 0 Å². The second-order valence-corrected chi connectivity index (χ2v) is 5.23. The Balaban J connectivity index is 2.17. The van der Waals surface area contributed by atoms with Crippen LogP contribution in [0.25, 0.3) is 0 Å². The Hall–Kier alpha value is -0.440. The van der Waals surface area contributed by atoms with Crippen molar-refractivity contribution in [3.8, 4) is 0 Å². The molecule has 130 valence electrons. The molecule has 0 bridgehead atoms. The van der Waals surface area contributed by atoms with Crippen molar-refractivity contribution in [2.75, 3.05) is 13.2 Å². The van der Waals surface area contributed by atoms with E-state index < -0.39 is 68.2 Å². The molecule has 9 atom stereocenters. The van der Waals surface area contributed by atoms with E-state index in [0.717, 1.165) is 0 Å². The molecule has 0 aromatic carbocycles. The van der Waals surface area contributed by atoms with Crippen molar-refractivity contribution in [1.29, 1.82) is 0 Å². The van der Waals surface area contributed by atoms with Crippen LogP contribution < -0.4 is 0 Å². The van der Waals surface area contributed by atoms with Crippen LogP contribution in [-0.4, -0.2) is 109 Å². The van der Waals surface area contributed by atoms with Gasteiger partial charge in [0, 0.05) is 0 Å². The van der Waals surface area contributed by atoms with Crippen LogP contribution >= 0.6 is 0 Å². The summed E-state index contributed by atoms with van der Waals surface area (Å²) in [5.41, 5.74) is 0. The average molecular weight is 328 g/mol. The molecule has 2 rings (SSSR count). The Morgan fingerprint density at radius 1 is 0.864 bits per heavy atom. The van der Waals surface area contributed by atoms with Crippen LogP contribution in [0.1, 0.15) is 0 Å². The molecule has 11 heteroatoms. The summed E-state index contributed by atoms with van der Waals surface area (Å²) in [5.74, 6) is -2.31. The van der Waals surface area contributed by atoms with Crippen molar-refractivity contribution in [1.82, 2.24) is 0 Å². The van der Waals surface area contributed by atoms with Crippen molar-refractivity contribution in [2.24, 2.45) is 0 Å². The zero-order valence-corrected chi connectivity index (χ0v) is 11.3. The van der Waals surface area contributed by atoms with Gasteiger partial charge in [-0.05, 0) is 0 Å². The molecule has 2 aliphatic rings. The highest BCUT2D eigenvalue weighted by Gasteiger charge is 2.58. The Morgan fingerprint density at radius 2 is 1.50 bits per heavy atom. The van der Waals surface area contributed by atoms with E-state index in [0.29, 0.717) is 0 Å². The van der Waals surface area contributed by atoms with E-state index in [9.17, 15) is 35.7 Å². The summed E-state index contributed by atoms with van der Waals surface area (Å²) in [5, 5.41) is 76.2. The van der Waals surface area contributed by atoms with Gasteiger partial charge in [-0.1, -0.05) is 0 Å². The number of aliphatic hydroxyl groups excluding tert-OH is 8. The van der Waals surface area contributed by atoms with Gasteiger partial charge in [0.05, 0.1) is 6.61 Å². The number of aliphatic hydroxyl groups is 8. The lowest BCUT2D eigenvalue weighted by Crippen LogP contribution is -2.62. The zero-order valence-electron chi connectivity index (χ0n) is 11.3. The minimum Gasteiger partial charge on any atom is -0.394 e. The summed E-state index contributed by atoms with van der Waals surface area (Å²) in [4.78, 5) is 0. The van der Waals surface area contributed by atoms with E-state index in [2.05, 4.69) is 0 Å². The molecule has 11 nitrogen and oxygen atoms in total. The van der Waals surface area contributed by atoms with E-state index in [4.69, 9.17) is 19.3 Å². The van der Waals surface area contributed by atoms with Gasteiger partial charge >= 0.3 is 0 Å².